The molecular weight excluding hydrogens is 146 g/mol. The van der Waals surface area contributed by atoms with Gasteiger partial charge in [0, 0.05) is 6.04 Å². The Hall–Kier alpha value is -0.0400. The van der Waals surface area contributed by atoms with E-state index in [0.717, 1.165) is 0 Å². The lowest BCUT2D eigenvalue weighted by Crippen LogP contribution is -2.26. The molecule has 0 rings (SSSR count). The minimum atomic E-state index is 0.705. The fourth-order valence-electron chi connectivity index (χ4n) is 0.666. The molecule has 0 saturated carbocycles. The lowest BCUT2D eigenvalue weighted by atomic mass is 10.3. The third kappa shape index (κ3) is 12.6. The zero-order chi connectivity index (χ0) is 9.98. The number of nitrogens with zero attached hydrogens (tertiary/aromatic N) is 1. The van der Waals surface area contributed by atoms with Gasteiger partial charge in [0.2, 0.25) is 0 Å². The van der Waals surface area contributed by atoms with Crippen LogP contribution in [-0.2, 0) is 0 Å². The molecule has 0 aliphatic carbocycles. The Kier molecular flexibility index (Phi) is 13.2. The molecule has 0 bridgehead atoms. The maximum Gasteiger partial charge on any atom is 0.00355 e. The molecule has 0 radical (unpaired) electrons. The Morgan fingerprint density at radius 1 is 1.08 bits per heavy atom. The van der Waals surface area contributed by atoms with E-state index in [0.29, 0.717) is 6.04 Å². The van der Waals surface area contributed by atoms with Gasteiger partial charge in [-0.3, -0.25) is 0 Å². The highest BCUT2D eigenvalue weighted by atomic mass is 15.1. The molecule has 0 spiro atoms. The molecule has 0 aromatic heterocycles. The monoisotopic (exact) mass is 173 g/mol. The highest BCUT2D eigenvalue weighted by Gasteiger charge is 1.99. The van der Waals surface area contributed by atoms with E-state index in [-0.39, 0.29) is 0 Å². The van der Waals surface area contributed by atoms with Crippen molar-refractivity contribution in [3.05, 3.63) is 0 Å². The summed E-state index contributed by atoms with van der Waals surface area (Å²) in [5.41, 5.74) is 0. The Morgan fingerprint density at radius 2 is 1.50 bits per heavy atom. The summed E-state index contributed by atoms with van der Waals surface area (Å²) in [6, 6.07) is 0.705. The van der Waals surface area contributed by atoms with Gasteiger partial charge in [-0.05, 0) is 33.9 Å². The molecule has 76 valence electrons. The van der Waals surface area contributed by atoms with Crippen LogP contribution in [0.5, 0.6) is 0 Å². The van der Waals surface area contributed by atoms with Crippen molar-refractivity contribution in [1.29, 1.82) is 0 Å². The van der Waals surface area contributed by atoms with Gasteiger partial charge in [-0.15, -0.1) is 0 Å². The number of hydrogen-bond donors (Lipinski definition) is 0. The van der Waals surface area contributed by atoms with Gasteiger partial charge < -0.3 is 4.90 Å². The van der Waals surface area contributed by atoms with E-state index in [1.165, 1.54) is 25.8 Å². The molecule has 12 heavy (non-hydrogen) atoms. The summed E-state index contributed by atoms with van der Waals surface area (Å²) in [5, 5.41) is 0. The van der Waals surface area contributed by atoms with Crippen molar-refractivity contribution in [2.24, 2.45) is 0 Å². The topological polar surface area (TPSA) is 3.24 Å². The Labute approximate surface area is 79.2 Å². The summed E-state index contributed by atoms with van der Waals surface area (Å²) < 4.78 is 0. The van der Waals surface area contributed by atoms with Crippen LogP contribution < -0.4 is 0 Å². The first-order chi connectivity index (χ1) is 5.59. The van der Waals surface area contributed by atoms with Crippen LogP contribution in [0.3, 0.4) is 0 Å². The number of rotatable bonds is 4. The molecule has 1 nitrogen and oxygen atoms in total. The van der Waals surface area contributed by atoms with Crippen molar-refractivity contribution >= 4 is 0 Å². The van der Waals surface area contributed by atoms with E-state index < -0.39 is 0 Å². The zero-order valence-corrected chi connectivity index (χ0v) is 9.85. The highest BCUT2D eigenvalue weighted by Crippen LogP contribution is 1.96. The van der Waals surface area contributed by atoms with Gasteiger partial charge in [0.1, 0.15) is 0 Å². The molecule has 0 amide bonds. The molecule has 0 unspecified atom stereocenters. The van der Waals surface area contributed by atoms with Crippen molar-refractivity contribution in [2.75, 3.05) is 13.6 Å². The minimum Gasteiger partial charge on any atom is -0.304 e. The smallest absolute Gasteiger partial charge is 0.00355 e. The first-order valence-corrected chi connectivity index (χ1v) is 5.30. The molecule has 0 atom stereocenters. The SMILES string of the molecule is CCC.CCCCN(C)C(C)C. The Balaban J connectivity index is 0. The first kappa shape index (κ1) is 14.5. The van der Waals surface area contributed by atoms with Crippen LogP contribution in [0.1, 0.15) is 53.9 Å². The van der Waals surface area contributed by atoms with E-state index >= 15 is 0 Å². The molecule has 0 aromatic carbocycles. The second-order valence-electron chi connectivity index (χ2n) is 3.64. The van der Waals surface area contributed by atoms with Crippen molar-refractivity contribution < 1.29 is 0 Å². The van der Waals surface area contributed by atoms with E-state index in [1.807, 2.05) is 0 Å². The third-order valence-corrected chi connectivity index (χ3v) is 1.75. The maximum absolute atomic E-state index is 2.38. The largest absolute Gasteiger partial charge is 0.304 e. The predicted molar refractivity (Wildman–Crippen MR) is 58.6 cm³/mol. The van der Waals surface area contributed by atoms with Gasteiger partial charge in [-0.25, -0.2) is 0 Å². The van der Waals surface area contributed by atoms with Gasteiger partial charge in [0.05, 0.1) is 0 Å². The second-order valence-corrected chi connectivity index (χ2v) is 3.64. The van der Waals surface area contributed by atoms with Gasteiger partial charge in [0.15, 0.2) is 0 Å². The summed E-state index contributed by atoms with van der Waals surface area (Å²) in [4.78, 5) is 2.38. The summed E-state index contributed by atoms with van der Waals surface area (Å²) in [7, 11) is 2.18. The van der Waals surface area contributed by atoms with Crippen LogP contribution in [0.25, 0.3) is 0 Å². The van der Waals surface area contributed by atoms with E-state index in [2.05, 4.69) is 46.6 Å². The molecule has 0 aliphatic rings. The van der Waals surface area contributed by atoms with E-state index in [1.54, 1.807) is 0 Å². The molecule has 0 heterocycles. The summed E-state index contributed by atoms with van der Waals surface area (Å²) in [5.74, 6) is 0. The van der Waals surface area contributed by atoms with E-state index in [4.69, 9.17) is 0 Å². The van der Waals surface area contributed by atoms with Gasteiger partial charge in [0.25, 0.3) is 0 Å². The van der Waals surface area contributed by atoms with Crippen LogP contribution in [0, 0.1) is 0 Å². The molecule has 0 saturated heterocycles. The first-order valence-electron chi connectivity index (χ1n) is 5.30. The van der Waals surface area contributed by atoms with Crippen molar-refractivity contribution in [3.63, 3.8) is 0 Å². The second kappa shape index (κ2) is 11.0. The lowest BCUT2D eigenvalue weighted by molar-refractivity contribution is 0.270. The van der Waals surface area contributed by atoms with Crippen molar-refractivity contribution in [3.8, 4) is 0 Å². The summed E-state index contributed by atoms with van der Waals surface area (Å²) >= 11 is 0. The van der Waals surface area contributed by atoms with Crippen LogP contribution >= 0.6 is 0 Å². The average molecular weight is 173 g/mol. The van der Waals surface area contributed by atoms with Crippen LogP contribution in [0.2, 0.25) is 0 Å². The van der Waals surface area contributed by atoms with Crippen LogP contribution in [-0.4, -0.2) is 24.5 Å². The Bertz CT molecular complexity index is 69.4. The summed E-state index contributed by atoms with van der Waals surface area (Å²) in [6.07, 6.45) is 3.88. The third-order valence-electron chi connectivity index (χ3n) is 1.75. The standard InChI is InChI=1S/C8H19N.C3H8/c1-5-6-7-9(4)8(2)3;1-3-2/h8H,5-7H2,1-4H3;3H2,1-2H3. The molecule has 0 aromatic rings. The van der Waals surface area contributed by atoms with Crippen LogP contribution in [0.15, 0.2) is 0 Å². The molecule has 0 fully saturated rings. The maximum atomic E-state index is 2.38. The molecule has 1 heteroatoms. The normalized spacial score (nSPS) is 10.0. The van der Waals surface area contributed by atoms with Gasteiger partial charge in [-0.2, -0.15) is 0 Å². The van der Waals surface area contributed by atoms with Crippen LogP contribution in [0.4, 0.5) is 0 Å². The number of hydrogen-bond acceptors (Lipinski definition) is 1. The van der Waals surface area contributed by atoms with Gasteiger partial charge >= 0.3 is 0 Å². The summed E-state index contributed by atoms with van der Waals surface area (Å²) in [6.45, 7) is 12.2. The molecule has 0 aliphatic heterocycles. The molecular formula is C11H27N. The van der Waals surface area contributed by atoms with Gasteiger partial charge in [-0.1, -0.05) is 33.6 Å². The Morgan fingerprint density at radius 3 is 1.75 bits per heavy atom. The fourth-order valence-corrected chi connectivity index (χ4v) is 0.666. The fraction of sp³-hybridized carbons (Fsp3) is 1.00. The average Bonchev–Trinajstić information content (AvgIpc) is 2.01. The predicted octanol–water partition coefficient (Wildman–Crippen LogP) is 3.54. The zero-order valence-electron chi connectivity index (χ0n) is 9.85. The quantitative estimate of drug-likeness (QED) is 0.628. The molecule has 0 N–H and O–H groups in total. The highest BCUT2D eigenvalue weighted by molar-refractivity contribution is 4.55. The van der Waals surface area contributed by atoms with Crippen molar-refractivity contribution in [1.82, 2.24) is 4.90 Å². The van der Waals surface area contributed by atoms with E-state index in [9.17, 15) is 0 Å². The van der Waals surface area contributed by atoms with Crippen molar-refractivity contribution in [2.45, 2.75) is 59.9 Å². The lowest BCUT2D eigenvalue weighted by Gasteiger charge is -2.19. The number of unbranched alkanes of at least 4 members (excludes halogenated alkanes) is 1. The minimum absolute atomic E-state index is 0.705.